The Morgan fingerprint density at radius 2 is 1.84 bits per heavy atom. The highest BCUT2D eigenvalue weighted by Crippen LogP contribution is 2.35. The second-order valence-electron chi connectivity index (χ2n) is 7.08. The summed E-state index contributed by atoms with van der Waals surface area (Å²) in [5, 5.41) is 10.7. The first-order valence-electron chi connectivity index (χ1n) is 9.49. The van der Waals surface area contributed by atoms with Crippen molar-refractivity contribution in [3.63, 3.8) is 0 Å². The van der Waals surface area contributed by atoms with Crippen molar-refractivity contribution in [2.75, 3.05) is 13.4 Å². The van der Waals surface area contributed by atoms with Gasteiger partial charge in [-0.2, -0.15) is 0 Å². The monoisotopic (exact) mass is 456 g/mol. The predicted octanol–water partition coefficient (Wildman–Crippen LogP) is 4.42. The van der Waals surface area contributed by atoms with E-state index in [-0.39, 0.29) is 23.1 Å². The van der Waals surface area contributed by atoms with Gasteiger partial charge >= 0.3 is 5.97 Å². The lowest BCUT2D eigenvalue weighted by molar-refractivity contribution is -0.384. The molecule has 0 saturated heterocycles. The fraction of sp³-hybridized carbons (Fsp3) is 0.182. The second kappa shape index (κ2) is 8.35. The number of aromatic nitrogens is 1. The van der Waals surface area contributed by atoms with Gasteiger partial charge in [0.2, 0.25) is 12.6 Å². The van der Waals surface area contributed by atoms with E-state index in [1.165, 1.54) is 6.07 Å². The van der Waals surface area contributed by atoms with E-state index in [1.807, 2.05) is 23.6 Å². The molecule has 0 amide bonds. The molecule has 4 rings (SSSR count). The van der Waals surface area contributed by atoms with Crippen molar-refractivity contribution in [3.05, 3.63) is 80.1 Å². The number of Topliss-reactive ketones (excluding diaryl/α,β-unsaturated/α-hetero) is 1. The highest BCUT2D eigenvalue weighted by molar-refractivity contribution is 6.33. The summed E-state index contributed by atoms with van der Waals surface area (Å²) in [7, 11) is 0. The molecule has 0 spiro atoms. The summed E-state index contributed by atoms with van der Waals surface area (Å²) < 4.78 is 17.8. The molecular weight excluding hydrogens is 440 g/mol. The zero-order chi connectivity index (χ0) is 23.0. The zero-order valence-corrected chi connectivity index (χ0v) is 17.8. The first kappa shape index (κ1) is 21.4. The average molecular weight is 457 g/mol. The van der Waals surface area contributed by atoms with Gasteiger partial charge in [0.25, 0.3) is 5.69 Å². The summed E-state index contributed by atoms with van der Waals surface area (Å²) in [6.45, 7) is 3.31. The third-order valence-corrected chi connectivity index (χ3v) is 5.38. The molecule has 0 unspecified atom stereocenters. The van der Waals surface area contributed by atoms with E-state index >= 15 is 0 Å². The molecule has 0 aliphatic carbocycles. The number of ketones is 1. The van der Waals surface area contributed by atoms with Crippen molar-refractivity contribution in [1.29, 1.82) is 0 Å². The summed E-state index contributed by atoms with van der Waals surface area (Å²) in [5.41, 5.74) is 2.39. The number of aryl methyl sites for hydroxylation is 1. The van der Waals surface area contributed by atoms with Crippen LogP contribution >= 0.6 is 11.6 Å². The summed E-state index contributed by atoms with van der Waals surface area (Å²) in [6.07, 6.45) is 0. The lowest BCUT2D eigenvalue weighted by Gasteiger charge is -2.11. The van der Waals surface area contributed by atoms with Crippen molar-refractivity contribution < 1.29 is 28.7 Å². The number of halogens is 1. The Morgan fingerprint density at radius 1 is 1.09 bits per heavy atom. The Bertz CT molecular complexity index is 1270. The molecule has 10 heteroatoms. The maximum Gasteiger partial charge on any atom is 0.340 e. The second-order valence-corrected chi connectivity index (χ2v) is 7.49. The van der Waals surface area contributed by atoms with Crippen LogP contribution in [-0.2, 0) is 4.74 Å². The fourth-order valence-corrected chi connectivity index (χ4v) is 3.79. The highest BCUT2D eigenvalue weighted by atomic mass is 35.5. The number of carbonyl (C=O) groups excluding carboxylic acids is 2. The van der Waals surface area contributed by atoms with Gasteiger partial charge in [0.15, 0.2) is 18.1 Å². The summed E-state index contributed by atoms with van der Waals surface area (Å²) >= 11 is 5.95. The van der Waals surface area contributed by atoms with Crippen LogP contribution in [0, 0.1) is 24.0 Å². The van der Waals surface area contributed by atoms with Gasteiger partial charge in [-0.1, -0.05) is 11.6 Å². The van der Waals surface area contributed by atoms with E-state index in [4.69, 9.17) is 25.8 Å². The number of benzene rings is 2. The van der Waals surface area contributed by atoms with Crippen LogP contribution in [0.3, 0.4) is 0 Å². The number of esters is 1. The van der Waals surface area contributed by atoms with Crippen molar-refractivity contribution in [1.82, 2.24) is 4.57 Å². The molecule has 0 saturated carbocycles. The van der Waals surface area contributed by atoms with Crippen LogP contribution in [0.1, 0.15) is 32.1 Å². The number of hydrogen-bond acceptors (Lipinski definition) is 7. The smallest absolute Gasteiger partial charge is 0.340 e. The average Bonchev–Trinajstić information content (AvgIpc) is 3.34. The first-order chi connectivity index (χ1) is 15.3. The molecule has 0 radical (unpaired) electrons. The van der Waals surface area contributed by atoms with Crippen LogP contribution in [0.25, 0.3) is 5.69 Å². The Labute approximate surface area is 187 Å². The molecule has 0 N–H and O–H groups in total. The van der Waals surface area contributed by atoms with Gasteiger partial charge in [-0.15, -0.1) is 0 Å². The SMILES string of the molecule is Cc1cc(C(=O)COC(=O)c2ccc([N+](=O)[O-])cc2Cl)c(C)n1-c1ccc2c(c1)OCO2. The van der Waals surface area contributed by atoms with Crippen LogP contribution < -0.4 is 9.47 Å². The fourth-order valence-electron chi connectivity index (χ4n) is 3.54. The molecule has 1 aliphatic heterocycles. The minimum Gasteiger partial charge on any atom is -0.454 e. The Hall–Kier alpha value is -3.85. The zero-order valence-electron chi connectivity index (χ0n) is 17.1. The van der Waals surface area contributed by atoms with Gasteiger partial charge in [0.1, 0.15) is 0 Å². The van der Waals surface area contributed by atoms with Gasteiger partial charge in [0, 0.05) is 40.8 Å². The van der Waals surface area contributed by atoms with Gasteiger partial charge in [0.05, 0.1) is 15.5 Å². The van der Waals surface area contributed by atoms with Crippen molar-refractivity contribution in [2.45, 2.75) is 13.8 Å². The van der Waals surface area contributed by atoms with E-state index in [0.717, 1.165) is 23.5 Å². The number of nitro benzene ring substituents is 1. The molecule has 2 heterocycles. The molecule has 0 fully saturated rings. The number of fused-ring (bicyclic) bond motifs is 1. The number of non-ortho nitro benzene ring substituents is 1. The summed E-state index contributed by atoms with van der Waals surface area (Å²) in [6, 6.07) is 10.6. The lowest BCUT2D eigenvalue weighted by atomic mass is 10.1. The van der Waals surface area contributed by atoms with Gasteiger partial charge in [-0.05, 0) is 38.1 Å². The molecule has 9 nitrogen and oxygen atoms in total. The van der Waals surface area contributed by atoms with E-state index in [1.54, 1.807) is 19.1 Å². The molecule has 164 valence electrons. The van der Waals surface area contributed by atoms with Crippen molar-refractivity contribution >= 4 is 29.0 Å². The van der Waals surface area contributed by atoms with Crippen LogP contribution in [0.5, 0.6) is 11.5 Å². The normalized spacial score (nSPS) is 12.0. The van der Waals surface area contributed by atoms with E-state index < -0.39 is 23.3 Å². The van der Waals surface area contributed by atoms with Crippen LogP contribution in [0.15, 0.2) is 42.5 Å². The Balaban J connectivity index is 1.50. The molecule has 3 aromatic rings. The van der Waals surface area contributed by atoms with Crippen molar-refractivity contribution in [3.8, 4) is 17.2 Å². The molecule has 32 heavy (non-hydrogen) atoms. The largest absolute Gasteiger partial charge is 0.454 e. The molecule has 0 bridgehead atoms. The summed E-state index contributed by atoms with van der Waals surface area (Å²) in [5.74, 6) is 0.0421. The molecule has 1 aromatic heterocycles. The highest BCUT2D eigenvalue weighted by Gasteiger charge is 2.22. The Morgan fingerprint density at radius 3 is 2.56 bits per heavy atom. The standard InChI is InChI=1S/C22H17ClN2O7/c1-12-7-17(13(2)24(12)14-4-6-20-21(9-14)32-11-31-20)19(26)10-30-22(27)16-5-3-15(25(28)29)8-18(16)23/h3-9H,10-11H2,1-2H3. The number of carbonyl (C=O) groups is 2. The molecule has 0 atom stereocenters. The minimum absolute atomic E-state index is 0.0594. The third kappa shape index (κ3) is 3.90. The number of rotatable bonds is 6. The van der Waals surface area contributed by atoms with Gasteiger partial charge < -0.3 is 18.8 Å². The van der Waals surface area contributed by atoms with E-state index in [0.29, 0.717) is 22.8 Å². The van der Waals surface area contributed by atoms with Crippen LogP contribution in [0.4, 0.5) is 5.69 Å². The lowest BCUT2D eigenvalue weighted by Crippen LogP contribution is -2.15. The number of ether oxygens (including phenoxy) is 3. The van der Waals surface area contributed by atoms with Crippen molar-refractivity contribution in [2.24, 2.45) is 0 Å². The molecule has 2 aromatic carbocycles. The third-order valence-electron chi connectivity index (χ3n) is 5.06. The van der Waals surface area contributed by atoms with Crippen LogP contribution in [0.2, 0.25) is 5.02 Å². The maximum absolute atomic E-state index is 12.8. The van der Waals surface area contributed by atoms with E-state index in [2.05, 4.69) is 0 Å². The number of nitrogens with zero attached hydrogens (tertiary/aromatic N) is 2. The summed E-state index contributed by atoms with van der Waals surface area (Å²) in [4.78, 5) is 35.2. The maximum atomic E-state index is 12.8. The quantitative estimate of drug-likeness (QED) is 0.233. The van der Waals surface area contributed by atoms with Gasteiger partial charge in [-0.3, -0.25) is 14.9 Å². The Kier molecular flexibility index (Phi) is 5.58. The number of nitro groups is 1. The van der Waals surface area contributed by atoms with Crippen LogP contribution in [-0.4, -0.2) is 34.6 Å². The topological polar surface area (TPSA) is 110 Å². The minimum atomic E-state index is -0.845. The van der Waals surface area contributed by atoms with Gasteiger partial charge in [-0.25, -0.2) is 4.79 Å². The molecular formula is C22H17ClN2O7. The first-order valence-corrected chi connectivity index (χ1v) is 9.87. The predicted molar refractivity (Wildman–Crippen MR) is 114 cm³/mol. The molecule has 1 aliphatic rings. The number of hydrogen-bond donors (Lipinski definition) is 0. The van der Waals surface area contributed by atoms with E-state index in [9.17, 15) is 19.7 Å².